The van der Waals surface area contributed by atoms with Gasteiger partial charge in [-0.25, -0.2) is 0 Å². The smallest absolute Gasteiger partial charge is 0.222 e. The summed E-state index contributed by atoms with van der Waals surface area (Å²) in [6.07, 6.45) is 12.7. The van der Waals surface area contributed by atoms with E-state index in [1.165, 1.54) is 44.9 Å². The number of hydrogen-bond donors (Lipinski definition) is 1. The van der Waals surface area contributed by atoms with Gasteiger partial charge in [0.15, 0.2) is 0 Å². The van der Waals surface area contributed by atoms with E-state index < -0.39 is 0 Å². The minimum atomic E-state index is 0.0758. The Labute approximate surface area is 138 Å². The van der Waals surface area contributed by atoms with Crippen molar-refractivity contribution in [1.82, 2.24) is 4.90 Å². The van der Waals surface area contributed by atoms with Gasteiger partial charge in [0.25, 0.3) is 0 Å². The van der Waals surface area contributed by atoms with Crippen molar-refractivity contribution in [3.05, 3.63) is 0 Å². The summed E-state index contributed by atoms with van der Waals surface area (Å²) in [6.45, 7) is 8.03. The number of unbranched alkanes of at least 4 members (excludes halogenated alkanes) is 6. The second-order valence-electron chi connectivity index (χ2n) is 6.50. The molecule has 0 aromatic rings. The van der Waals surface area contributed by atoms with Crippen LogP contribution < -0.4 is 0 Å². The molecule has 1 N–H and O–H groups in total. The Morgan fingerprint density at radius 3 is 2.18 bits per heavy atom. The Kier molecular flexibility index (Phi) is 14.9. The SMILES string of the molecule is CCCCCCCCC(=O)N(CCO)CC(CC)CCCC. The van der Waals surface area contributed by atoms with Crippen LogP contribution in [0.3, 0.4) is 0 Å². The number of aliphatic hydroxyl groups excluding tert-OH is 1. The highest BCUT2D eigenvalue weighted by Gasteiger charge is 2.17. The maximum Gasteiger partial charge on any atom is 0.222 e. The Bertz CT molecular complexity index is 256. The second-order valence-corrected chi connectivity index (χ2v) is 6.50. The van der Waals surface area contributed by atoms with Gasteiger partial charge in [0.05, 0.1) is 6.61 Å². The first-order chi connectivity index (χ1) is 10.7. The fraction of sp³-hybridized carbons (Fsp3) is 0.947. The lowest BCUT2D eigenvalue weighted by molar-refractivity contribution is -0.132. The molecule has 1 unspecified atom stereocenters. The summed E-state index contributed by atoms with van der Waals surface area (Å²) in [4.78, 5) is 14.3. The Hall–Kier alpha value is -0.570. The van der Waals surface area contributed by atoms with Gasteiger partial charge in [0, 0.05) is 19.5 Å². The zero-order chi connectivity index (χ0) is 16.6. The van der Waals surface area contributed by atoms with E-state index in [-0.39, 0.29) is 12.5 Å². The molecule has 0 aromatic carbocycles. The summed E-state index contributed by atoms with van der Waals surface area (Å²) in [5, 5.41) is 9.22. The molecule has 0 saturated carbocycles. The standard InChI is InChI=1S/C19H39NO2/c1-4-7-9-10-11-12-14-19(22)20(15-16-21)17-18(6-3)13-8-5-2/h18,21H,4-17H2,1-3H3. The van der Waals surface area contributed by atoms with Gasteiger partial charge >= 0.3 is 0 Å². The third kappa shape index (κ3) is 11.1. The van der Waals surface area contributed by atoms with E-state index in [0.717, 1.165) is 25.8 Å². The maximum atomic E-state index is 12.4. The molecule has 0 bridgehead atoms. The summed E-state index contributed by atoms with van der Waals surface area (Å²) in [7, 11) is 0. The molecule has 3 heteroatoms. The number of carbonyl (C=O) groups excluding carboxylic acids is 1. The van der Waals surface area contributed by atoms with Gasteiger partial charge in [0.1, 0.15) is 0 Å². The lowest BCUT2D eigenvalue weighted by Gasteiger charge is -2.27. The molecule has 132 valence electrons. The normalized spacial score (nSPS) is 12.4. The van der Waals surface area contributed by atoms with E-state index >= 15 is 0 Å². The van der Waals surface area contributed by atoms with Crippen molar-refractivity contribution in [2.45, 2.75) is 91.4 Å². The van der Waals surface area contributed by atoms with Crippen molar-refractivity contribution in [3.8, 4) is 0 Å². The van der Waals surface area contributed by atoms with E-state index in [1.54, 1.807) is 0 Å². The number of amides is 1. The molecule has 0 saturated heterocycles. The van der Waals surface area contributed by atoms with Crippen molar-refractivity contribution in [2.24, 2.45) is 5.92 Å². The van der Waals surface area contributed by atoms with Crippen molar-refractivity contribution >= 4 is 5.91 Å². The van der Waals surface area contributed by atoms with E-state index in [0.29, 0.717) is 18.9 Å². The Morgan fingerprint density at radius 1 is 0.955 bits per heavy atom. The number of carbonyl (C=O) groups is 1. The zero-order valence-electron chi connectivity index (χ0n) is 15.3. The van der Waals surface area contributed by atoms with Crippen LogP contribution in [0, 0.1) is 5.92 Å². The minimum absolute atomic E-state index is 0.0758. The van der Waals surface area contributed by atoms with Crippen LogP contribution in [-0.2, 0) is 4.79 Å². The molecule has 1 amide bonds. The fourth-order valence-corrected chi connectivity index (χ4v) is 2.88. The summed E-state index contributed by atoms with van der Waals surface area (Å²) in [6, 6.07) is 0. The number of aliphatic hydroxyl groups is 1. The number of nitrogens with zero attached hydrogens (tertiary/aromatic N) is 1. The van der Waals surface area contributed by atoms with Crippen LogP contribution in [0.15, 0.2) is 0 Å². The molecule has 1 atom stereocenters. The average Bonchev–Trinajstić information content (AvgIpc) is 2.53. The predicted molar refractivity (Wildman–Crippen MR) is 95.0 cm³/mol. The van der Waals surface area contributed by atoms with E-state index in [9.17, 15) is 9.90 Å². The third-order valence-electron chi connectivity index (χ3n) is 4.49. The first kappa shape index (κ1) is 21.4. The van der Waals surface area contributed by atoms with Crippen LogP contribution in [-0.4, -0.2) is 35.6 Å². The van der Waals surface area contributed by atoms with Crippen molar-refractivity contribution < 1.29 is 9.90 Å². The molecule has 0 aromatic heterocycles. The molecule has 0 aliphatic carbocycles. The topological polar surface area (TPSA) is 40.5 Å². The molecule has 0 spiro atoms. The van der Waals surface area contributed by atoms with Crippen molar-refractivity contribution in [1.29, 1.82) is 0 Å². The van der Waals surface area contributed by atoms with Crippen molar-refractivity contribution in [2.75, 3.05) is 19.7 Å². The summed E-state index contributed by atoms with van der Waals surface area (Å²) in [5.74, 6) is 0.819. The Balaban J connectivity index is 4.09. The fourth-order valence-electron chi connectivity index (χ4n) is 2.88. The molecule has 0 rings (SSSR count). The summed E-state index contributed by atoms with van der Waals surface area (Å²) < 4.78 is 0. The molecule has 0 radical (unpaired) electrons. The molecular formula is C19H39NO2. The molecule has 0 aliphatic rings. The van der Waals surface area contributed by atoms with Crippen LogP contribution >= 0.6 is 0 Å². The number of rotatable bonds is 15. The largest absolute Gasteiger partial charge is 0.395 e. The quantitative estimate of drug-likeness (QED) is 0.442. The van der Waals surface area contributed by atoms with Gasteiger partial charge in [-0.2, -0.15) is 0 Å². The predicted octanol–water partition coefficient (Wildman–Crippen LogP) is 4.77. The Morgan fingerprint density at radius 2 is 1.59 bits per heavy atom. The van der Waals surface area contributed by atoms with Gasteiger partial charge in [-0.05, 0) is 18.8 Å². The maximum absolute atomic E-state index is 12.4. The first-order valence-corrected chi connectivity index (χ1v) is 9.58. The second kappa shape index (κ2) is 15.3. The van der Waals surface area contributed by atoms with Crippen LogP contribution in [0.1, 0.15) is 91.4 Å². The van der Waals surface area contributed by atoms with Crippen LogP contribution in [0.5, 0.6) is 0 Å². The average molecular weight is 314 g/mol. The monoisotopic (exact) mass is 313 g/mol. The minimum Gasteiger partial charge on any atom is -0.395 e. The van der Waals surface area contributed by atoms with Crippen LogP contribution in [0.4, 0.5) is 0 Å². The van der Waals surface area contributed by atoms with Crippen LogP contribution in [0.25, 0.3) is 0 Å². The van der Waals surface area contributed by atoms with Gasteiger partial charge in [-0.3, -0.25) is 4.79 Å². The number of hydrogen-bond acceptors (Lipinski definition) is 2. The third-order valence-corrected chi connectivity index (χ3v) is 4.49. The lowest BCUT2D eigenvalue weighted by atomic mass is 9.98. The molecule has 3 nitrogen and oxygen atoms in total. The van der Waals surface area contributed by atoms with Crippen LogP contribution in [0.2, 0.25) is 0 Å². The highest BCUT2D eigenvalue weighted by Crippen LogP contribution is 2.16. The molecule has 0 heterocycles. The molecule has 0 aliphatic heterocycles. The van der Waals surface area contributed by atoms with E-state index in [2.05, 4.69) is 20.8 Å². The zero-order valence-corrected chi connectivity index (χ0v) is 15.3. The van der Waals surface area contributed by atoms with Gasteiger partial charge in [-0.15, -0.1) is 0 Å². The molecular weight excluding hydrogens is 274 g/mol. The van der Waals surface area contributed by atoms with Gasteiger partial charge in [-0.1, -0.05) is 72.1 Å². The highest BCUT2D eigenvalue weighted by molar-refractivity contribution is 5.76. The first-order valence-electron chi connectivity index (χ1n) is 9.58. The highest BCUT2D eigenvalue weighted by atomic mass is 16.3. The molecule has 22 heavy (non-hydrogen) atoms. The molecule has 0 fully saturated rings. The van der Waals surface area contributed by atoms with Gasteiger partial charge in [0.2, 0.25) is 5.91 Å². The summed E-state index contributed by atoms with van der Waals surface area (Å²) in [5.41, 5.74) is 0. The van der Waals surface area contributed by atoms with E-state index in [1.807, 2.05) is 4.90 Å². The van der Waals surface area contributed by atoms with E-state index in [4.69, 9.17) is 0 Å². The summed E-state index contributed by atoms with van der Waals surface area (Å²) >= 11 is 0. The van der Waals surface area contributed by atoms with Crippen molar-refractivity contribution in [3.63, 3.8) is 0 Å². The lowest BCUT2D eigenvalue weighted by Crippen LogP contribution is -2.37. The van der Waals surface area contributed by atoms with Gasteiger partial charge < -0.3 is 10.0 Å².